The number of amides is 3. The molecule has 0 spiro atoms. The van der Waals surface area contributed by atoms with Gasteiger partial charge < -0.3 is 10.5 Å². The number of nitrogens with two attached hydrogens (primary N) is 1. The monoisotopic (exact) mass is 622 g/mol. The van der Waals surface area contributed by atoms with Gasteiger partial charge in [0.25, 0.3) is 5.88 Å². The Morgan fingerprint density at radius 1 is 1.17 bits per heavy atom. The van der Waals surface area contributed by atoms with Crippen LogP contribution in [0, 0.1) is 24.7 Å². The lowest BCUT2D eigenvalue weighted by Crippen LogP contribution is -2.34. The fourth-order valence-corrected chi connectivity index (χ4v) is 5.54. The highest BCUT2D eigenvalue weighted by Crippen LogP contribution is 2.47. The van der Waals surface area contributed by atoms with Crippen molar-refractivity contribution in [1.29, 1.82) is 0 Å². The zero-order valence-corrected chi connectivity index (χ0v) is 25.3. The van der Waals surface area contributed by atoms with Crippen LogP contribution in [0.5, 0.6) is 5.88 Å². The molecule has 0 radical (unpaired) electrons. The van der Waals surface area contributed by atoms with E-state index in [-0.39, 0.29) is 23.8 Å². The quantitative estimate of drug-likeness (QED) is 0.295. The van der Waals surface area contributed by atoms with Gasteiger partial charge in [-0.1, -0.05) is 21.9 Å². The first kappa shape index (κ1) is 30.2. The third-order valence-electron chi connectivity index (χ3n) is 7.41. The molecule has 1 aromatic carbocycles. The number of carbonyl (C=O) groups is 3. The highest BCUT2D eigenvalue weighted by Gasteiger charge is 2.32. The minimum absolute atomic E-state index is 0.131. The number of anilines is 2. The molecule has 2 fully saturated rings. The Balaban J connectivity index is 0.00000189. The van der Waals surface area contributed by atoms with E-state index in [4.69, 9.17) is 9.72 Å². The molecule has 5 rings (SSSR count). The Labute approximate surface area is 248 Å². The molecule has 3 N–H and O–H groups in total. The second kappa shape index (κ2) is 13.3. The van der Waals surface area contributed by atoms with Crippen LogP contribution in [0.25, 0.3) is 11.0 Å². The van der Waals surface area contributed by atoms with Gasteiger partial charge in [-0.3, -0.25) is 29.3 Å². The highest BCUT2D eigenvalue weighted by molar-refractivity contribution is 9.10. The number of carbonyl (C=O) groups excluding carboxylic acids is 3. The maximum Gasteiger partial charge on any atom is 0.308 e. The Kier molecular flexibility index (Phi) is 9.78. The van der Waals surface area contributed by atoms with Crippen molar-refractivity contribution < 1.29 is 19.1 Å². The van der Waals surface area contributed by atoms with E-state index in [0.29, 0.717) is 55.2 Å². The van der Waals surface area contributed by atoms with Gasteiger partial charge in [-0.05, 0) is 107 Å². The summed E-state index contributed by atoms with van der Waals surface area (Å²) in [5, 5.41) is 6.82. The number of rotatable bonds is 7. The molecule has 0 unspecified atom stereocenters. The van der Waals surface area contributed by atoms with Gasteiger partial charge in [-0.25, -0.2) is 4.98 Å². The summed E-state index contributed by atoms with van der Waals surface area (Å²) in [5.41, 5.74) is 8.73. The van der Waals surface area contributed by atoms with Gasteiger partial charge in [-0.2, -0.15) is 0 Å². The summed E-state index contributed by atoms with van der Waals surface area (Å²) in [5.74, 6) is 5.87. The van der Waals surface area contributed by atoms with Crippen molar-refractivity contribution in [1.82, 2.24) is 20.1 Å². The molecule has 2 aliphatic rings. The first-order valence-corrected chi connectivity index (χ1v) is 14.5. The number of imide groups is 1. The van der Waals surface area contributed by atoms with Crippen LogP contribution >= 0.6 is 15.9 Å². The summed E-state index contributed by atoms with van der Waals surface area (Å²) in [6, 6.07) is 7.82. The average Bonchev–Trinajstić information content (AvgIpc) is 3.77. The van der Waals surface area contributed by atoms with Crippen molar-refractivity contribution in [3.05, 3.63) is 39.9 Å². The summed E-state index contributed by atoms with van der Waals surface area (Å²) in [7, 11) is 3.33. The molecule has 0 bridgehead atoms. The molecule has 11 heteroatoms. The van der Waals surface area contributed by atoms with E-state index in [9.17, 15) is 14.4 Å². The summed E-state index contributed by atoms with van der Waals surface area (Å²) in [4.78, 5) is 42.5. The number of hydrogen-bond donors (Lipinski definition) is 2. The van der Waals surface area contributed by atoms with E-state index >= 15 is 0 Å². The number of nitrogens with zero attached hydrogens (tertiary/aromatic N) is 4. The Morgan fingerprint density at radius 2 is 1.88 bits per heavy atom. The highest BCUT2D eigenvalue weighted by atomic mass is 79.9. The summed E-state index contributed by atoms with van der Waals surface area (Å²) in [6.45, 7) is 3.64. The zero-order valence-electron chi connectivity index (χ0n) is 23.7. The zero-order chi connectivity index (χ0) is 29.7. The molecule has 3 amide bonds. The normalized spacial score (nSPS) is 17.9. The number of nitrogens with one attached hydrogen (secondary N) is 1. The number of pyridine rings is 1. The summed E-state index contributed by atoms with van der Waals surface area (Å²) >= 11 is 3.65. The van der Waals surface area contributed by atoms with Crippen molar-refractivity contribution in [2.45, 2.75) is 64.4 Å². The molecular weight excluding hydrogens is 588 g/mol. The number of fused-ring (bicyclic) bond motifs is 1. The molecule has 2 aliphatic carbocycles. The van der Waals surface area contributed by atoms with E-state index in [1.807, 2.05) is 32.2 Å². The Morgan fingerprint density at radius 3 is 2.51 bits per heavy atom. The number of halogens is 1. The molecule has 216 valence electrons. The minimum Gasteiger partial charge on any atom is -0.472 e. The fraction of sp³-hybridized carbons (Fsp3) is 0.433. The van der Waals surface area contributed by atoms with Crippen LogP contribution in [0.4, 0.5) is 11.5 Å². The molecule has 0 saturated heterocycles. The predicted octanol–water partition coefficient (Wildman–Crippen LogP) is 4.39. The third kappa shape index (κ3) is 6.60. The molecule has 0 aliphatic heterocycles. The van der Waals surface area contributed by atoms with Crippen LogP contribution in [0.3, 0.4) is 0 Å². The number of benzene rings is 1. The lowest BCUT2D eigenvalue weighted by atomic mass is 9.87. The Bertz CT molecular complexity index is 1510. The van der Waals surface area contributed by atoms with Crippen molar-refractivity contribution in [3.8, 4) is 17.7 Å². The standard InChI is InChI=1S/C29H30BrN5O4.CH5N/c1-4-5-26(37)35(24-14-17(2)22(30)15-21(24)18-6-7-18)25-13-12-23-27(32-25)29(33-34(23)3)39-20-10-8-19(9-11-20)28(38)31-16-36;1-2/h12-16,18-20H,6-11H2,1-3H3,(H,31,36,38);2H2,1H3. The van der Waals surface area contributed by atoms with Gasteiger partial charge in [0.15, 0.2) is 5.52 Å². The van der Waals surface area contributed by atoms with Crippen molar-refractivity contribution in [2.24, 2.45) is 18.7 Å². The molecule has 2 aromatic heterocycles. The third-order valence-corrected chi connectivity index (χ3v) is 8.26. The number of hydrogen-bond acceptors (Lipinski definition) is 7. The predicted molar refractivity (Wildman–Crippen MR) is 161 cm³/mol. The van der Waals surface area contributed by atoms with Gasteiger partial charge in [0, 0.05) is 17.4 Å². The number of aromatic nitrogens is 3. The molecule has 2 heterocycles. The first-order chi connectivity index (χ1) is 19.8. The van der Waals surface area contributed by atoms with Gasteiger partial charge in [0.1, 0.15) is 11.9 Å². The van der Waals surface area contributed by atoms with E-state index in [1.165, 1.54) is 7.05 Å². The second-order valence-electron chi connectivity index (χ2n) is 10.1. The van der Waals surface area contributed by atoms with Gasteiger partial charge in [-0.15, -0.1) is 5.10 Å². The van der Waals surface area contributed by atoms with Crippen molar-refractivity contribution in [3.63, 3.8) is 0 Å². The molecule has 3 aromatic rings. The minimum atomic E-state index is -0.355. The topological polar surface area (TPSA) is 132 Å². The lowest BCUT2D eigenvalue weighted by Gasteiger charge is -2.27. The van der Waals surface area contributed by atoms with Gasteiger partial charge in [0.2, 0.25) is 12.3 Å². The molecule has 2 saturated carbocycles. The van der Waals surface area contributed by atoms with E-state index in [0.717, 1.165) is 39.6 Å². The van der Waals surface area contributed by atoms with Crippen molar-refractivity contribution in [2.75, 3.05) is 11.9 Å². The maximum atomic E-state index is 13.4. The van der Waals surface area contributed by atoms with Crippen LogP contribution in [-0.4, -0.2) is 46.1 Å². The second-order valence-corrected chi connectivity index (χ2v) is 11.0. The number of ether oxygens (including phenoxy) is 1. The summed E-state index contributed by atoms with van der Waals surface area (Å²) < 4.78 is 9.02. The Hall–Kier alpha value is -3.75. The van der Waals surface area contributed by atoms with Crippen LogP contribution in [0.1, 0.15) is 62.5 Å². The van der Waals surface area contributed by atoms with Crippen LogP contribution in [0.2, 0.25) is 0 Å². The van der Waals surface area contributed by atoms with Gasteiger partial charge >= 0.3 is 5.91 Å². The first-order valence-electron chi connectivity index (χ1n) is 13.7. The molecule has 0 atom stereocenters. The van der Waals surface area contributed by atoms with Crippen molar-refractivity contribution >= 4 is 56.7 Å². The SMILES string of the molecule is CC#CC(=O)N(c1ccc2c(n1)c(OC1CCC(C(=O)NC=O)CC1)nn2C)c1cc(C)c(Br)cc1C1CC1.CN. The van der Waals surface area contributed by atoms with E-state index < -0.39 is 0 Å². The van der Waals surface area contributed by atoms with Crippen LogP contribution in [0.15, 0.2) is 28.7 Å². The smallest absolute Gasteiger partial charge is 0.308 e. The van der Waals surface area contributed by atoms with Gasteiger partial charge in [0.05, 0.1) is 11.2 Å². The molecule has 41 heavy (non-hydrogen) atoms. The number of aryl methyl sites for hydroxylation is 2. The van der Waals surface area contributed by atoms with Crippen LogP contribution < -0.4 is 20.7 Å². The molecular formula is C30H35BrN6O4. The fourth-order valence-electron chi connectivity index (χ4n) is 5.17. The lowest BCUT2D eigenvalue weighted by molar-refractivity contribution is -0.129. The largest absolute Gasteiger partial charge is 0.472 e. The van der Waals surface area contributed by atoms with Crippen LogP contribution in [-0.2, 0) is 21.4 Å². The average molecular weight is 624 g/mol. The van der Waals surface area contributed by atoms with E-state index in [2.05, 4.69) is 50.0 Å². The maximum absolute atomic E-state index is 13.4. The van der Waals surface area contributed by atoms with E-state index in [1.54, 1.807) is 16.5 Å². The summed E-state index contributed by atoms with van der Waals surface area (Å²) in [6.07, 6.45) is 5.02. The molecule has 10 nitrogen and oxygen atoms in total.